The third-order valence-corrected chi connectivity index (χ3v) is 4.93. The second-order valence-corrected chi connectivity index (χ2v) is 6.74. The highest BCUT2D eigenvalue weighted by atomic mass is 35.5. The van der Waals surface area contributed by atoms with E-state index in [1.165, 1.54) is 20.3 Å². The fourth-order valence-corrected chi connectivity index (χ4v) is 3.40. The fourth-order valence-electron chi connectivity index (χ4n) is 2.10. The first-order chi connectivity index (χ1) is 14.3. The Kier molecular flexibility index (Phi) is 6.56. The summed E-state index contributed by atoms with van der Waals surface area (Å²) in [5.74, 6) is 0.0406. The summed E-state index contributed by atoms with van der Waals surface area (Å²) < 4.78 is 50.8. The van der Waals surface area contributed by atoms with Crippen LogP contribution in [-0.4, -0.2) is 41.1 Å². The maximum atomic E-state index is 13.7. The monoisotopic (exact) mass is 456 g/mol. The summed E-state index contributed by atoms with van der Waals surface area (Å²) in [5, 5.41) is 3.09. The Morgan fingerprint density at radius 1 is 1.13 bits per heavy atom. The summed E-state index contributed by atoms with van der Waals surface area (Å²) >= 11 is 6.70. The second kappa shape index (κ2) is 9.12. The van der Waals surface area contributed by atoms with Crippen LogP contribution in [0.25, 0.3) is 5.57 Å². The van der Waals surface area contributed by atoms with Gasteiger partial charge in [-0.3, -0.25) is 0 Å². The SMILES string of the molecule is COc1cc(OC)nc(O/N=C(/c2sc(C3=CC=CC=C=C3)nc2Cl)C(F)(F)F)n1. The van der Waals surface area contributed by atoms with Crippen molar-refractivity contribution in [2.75, 3.05) is 14.2 Å². The van der Waals surface area contributed by atoms with E-state index in [-0.39, 0.29) is 21.9 Å². The zero-order chi connectivity index (χ0) is 21.7. The Balaban J connectivity index is 1.99. The van der Waals surface area contributed by atoms with Gasteiger partial charge in [0.15, 0.2) is 0 Å². The van der Waals surface area contributed by atoms with Crippen molar-refractivity contribution in [2.24, 2.45) is 5.16 Å². The summed E-state index contributed by atoms with van der Waals surface area (Å²) in [6, 6.07) is 0.822. The molecule has 30 heavy (non-hydrogen) atoms. The minimum Gasteiger partial charge on any atom is -0.481 e. The molecule has 1 aliphatic rings. The van der Waals surface area contributed by atoms with Crippen molar-refractivity contribution >= 4 is 34.2 Å². The Labute approximate surface area is 177 Å². The molecule has 0 amide bonds. The molecule has 2 aromatic rings. The summed E-state index contributed by atoms with van der Waals surface area (Å²) in [7, 11) is 2.63. The van der Waals surface area contributed by atoms with Crippen LogP contribution in [0.3, 0.4) is 0 Å². The summed E-state index contributed by atoms with van der Waals surface area (Å²) in [4.78, 5) is 16.0. The zero-order valence-corrected chi connectivity index (χ0v) is 17.0. The molecule has 0 atom stereocenters. The van der Waals surface area contributed by atoms with E-state index in [4.69, 9.17) is 25.9 Å². The van der Waals surface area contributed by atoms with E-state index in [9.17, 15) is 13.2 Å². The molecule has 7 nitrogen and oxygen atoms in total. The summed E-state index contributed by atoms with van der Waals surface area (Å²) in [6.45, 7) is 0. The average Bonchev–Trinajstić information content (AvgIpc) is 2.92. The number of halogens is 4. The molecule has 0 spiro atoms. The molecular weight excluding hydrogens is 445 g/mol. The van der Waals surface area contributed by atoms with Gasteiger partial charge in [0.1, 0.15) is 15.0 Å². The lowest BCUT2D eigenvalue weighted by atomic mass is 10.2. The lowest BCUT2D eigenvalue weighted by molar-refractivity contribution is -0.0597. The molecule has 0 aromatic carbocycles. The van der Waals surface area contributed by atoms with Crippen molar-refractivity contribution in [3.8, 4) is 17.8 Å². The van der Waals surface area contributed by atoms with E-state index >= 15 is 0 Å². The molecule has 2 heterocycles. The second-order valence-electron chi connectivity index (χ2n) is 5.39. The van der Waals surface area contributed by atoms with E-state index in [1.54, 1.807) is 30.4 Å². The van der Waals surface area contributed by atoms with Crippen molar-refractivity contribution in [3.05, 3.63) is 57.2 Å². The summed E-state index contributed by atoms with van der Waals surface area (Å²) in [6.07, 6.45) is 3.44. The fraction of sp³-hybridized carbons (Fsp3) is 0.167. The Morgan fingerprint density at radius 3 is 2.47 bits per heavy atom. The van der Waals surface area contributed by atoms with Crippen LogP contribution in [-0.2, 0) is 0 Å². The highest BCUT2D eigenvalue weighted by molar-refractivity contribution is 7.15. The zero-order valence-electron chi connectivity index (χ0n) is 15.4. The normalized spacial score (nSPS) is 13.8. The third-order valence-electron chi connectivity index (χ3n) is 3.43. The van der Waals surface area contributed by atoms with Crippen LogP contribution in [0.4, 0.5) is 13.2 Å². The van der Waals surface area contributed by atoms with Crippen LogP contribution in [0, 0.1) is 0 Å². The number of aromatic nitrogens is 3. The molecule has 0 fully saturated rings. The van der Waals surface area contributed by atoms with E-state index in [0.717, 1.165) is 0 Å². The molecule has 0 saturated heterocycles. The van der Waals surface area contributed by atoms with Gasteiger partial charge in [-0.25, -0.2) is 4.98 Å². The number of allylic oxidation sites excluding steroid dienone is 5. The van der Waals surface area contributed by atoms with Crippen molar-refractivity contribution in [3.63, 3.8) is 0 Å². The Hall–Kier alpha value is -3.14. The molecule has 12 heteroatoms. The maximum absolute atomic E-state index is 13.7. The number of thiazole rings is 1. The largest absolute Gasteiger partial charge is 0.481 e. The number of alkyl halides is 3. The first kappa shape index (κ1) is 21.6. The van der Waals surface area contributed by atoms with Gasteiger partial charge in [-0.05, 0) is 12.2 Å². The molecular formula is C18H12ClF3N4O3S. The van der Waals surface area contributed by atoms with E-state index in [2.05, 4.69) is 25.8 Å². The molecule has 0 radical (unpaired) electrons. The first-order valence-electron chi connectivity index (χ1n) is 8.07. The molecule has 1 aliphatic carbocycles. The lowest BCUT2D eigenvalue weighted by Gasteiger charge is -2.09. The van der Waals surface area contributed by atoms with Gasteiger partial charge in [0.25, 0.3) is 0 Å². The van der Waals surface area contributed by atoms with E-state index < -0.39 is 22.8 Å². The predicted molar refractivity (Wildman–Crippen MR) is 105 cm³/mol. The molecule has 0 bridgehead atoms. The molecule has 156 valence electrons. The van der Waals surface area contributed by atoms with Crippen LogP contribution >= 0.6 is 22.9 Å². The Bertz CT molecular complexity index is 1080. The van der Waals surface area contributed by atoms with Crippen LogP contribution in [0.2, 0.25) is 5.15 Å². The van der Waals surface area contributed by atoms with Gasteiger partial charge >= 0.3 is 12.2 Å². The van der Waals surface area contributed by atoms with E-state index in [0.29, 0.717) is 16.9 Å². The number of methoxy groups -OCH3 is 2. The lowest BCUT2D eigenvalue weighted by Crippen LogP contribution is -2.24. The average molecular weight is 457 g/mol. The molecule has 0 saturated carbocycles. The number of ether oxygens (including phenoxy) is 2. The number of nitrogens with zero attached hydrogens (tertiary/aromatic N) is 4. The number of hydrogen-bond acceptors (Lipinski definition) is 8. The standard InChI is InChI=1S/C18H12ClF3N4O3S/c1-27-11-9-12(28-2)24-17(23-11)29-26-14(18(20,21)22)13-15(19)25-16(30-13)10-7-5-3-4-6-8-10/h3-5,7-9H,1-2H3/b26-14-. The van der Waals surface area contributed by atoms with E-state index in [1.807, 2.05) is 0 Å². The minimum atomic E-state index is -4.89. The minimum absolute atomic E-state index is 0.0203. The molecule has 0 N–H and O–H groups in total. The first-order valence-corrected chi connectivity index (χ1v) is 9.27. The maximum Gasteiger partial charge on any atom is 0.438 e. The number of hydrogen-bond donors (Lipinski definition) is 0. The molecule has 0 unspecified atom stereocenters. The molecule has 3 rings (SSSR count). The molecule has 2 aromatic heterocycles. The smallest absolute Gasteiger partial charge is 0.438 e. The summed E-state index contributed by atoms with van der Waals surface area (Å²) in [5.41, 5.74) is 2.01. The van der Waals surface area contributed by atoms with Gasteiger partial charge in [-0.2, -0.15) is 23.1 Å². The van der Waals surface area contributed by atoms with Gasteiger partial charge in [-0.1, -0.05) is 35.0 Å². The number of rotatable bonds is 6. The van der Waals surface area contributed by atoms with Crippen molar-refractivity contribution < 1.29 is 27.5 Å². The van der Waals surface area contributed by atoms with Crippen LogP contribution < -0.4 is 14.3 Å². The van der Waals surface area contributed by atoms with Crippen LogP contribution in [0.5, 0.6) is 17.8 Å². The Morgan fingerprint density at radius 2 is 1.83 bits per heavy atom. The quantitative estimate of drug-likeness (QED) is 0.359. The van der Waals surface area contributed by atoms with Crippen molar-refractivity contribution in [1.82, 2.24) is 15.0 Å². The van der Waals surface area contributed by atoms with Crippen molar-refractivity contribution in [1.29, 1.82) is 0 Å². The highest BCUT2D eigenvalue weighted by Crippen LogP contribution is 2.34. The predicted octanol–water partition coefficient (Wildman–Crippen LogP) is 4.61. The van der Waals surface area contributed by atoms with Gasteiger partial charge in [0, 0.05) is 5.57 Å². The topological polar surface area (TPSA) is 78.7 Å². The van der Waals surface area contributed by atoms with Gasteiger partial charge in [0.05, 0.1) is 20.3 Å². The highest BCUT2D eigenvalue weighted by Gasteiger charge is 2.41. The van der Waals surface area contributed by atoms with Crippen molar-refractivity contribution in [2.45, 2.75) is 6.18 Å². The van der Waals surface area contributed by atoms with Gasteiger partial charge < -0.3 is 14.3 Å². The number of oxime groups is 1. The van der Waals surface area contributed by atoms with Gasteiger partial charge in [0.2, 0.25) is 17.5 Å². The molecule has 0 aliphatic heterocycles. The van der Waals surface area contributed by atoms with Gasteiger partial charge in [-0.15, -0.1) is 17.1 Å². The van der Waals surface area contributed by atoms with Crippen LogP contribution in [0.1, 0.15) is 9.88 Å². The third kappa shape index (κ3) is 5.07. The van der Waals surface area contributed by atoms with Crippen LogP contribution in [0.15, 0.2) is 47.3 Å².